The van der Waals surface area contributed by atoms with E-state index in [1.165, 1.54) is 0 Å². The van der Waals surface area contributed by atoms with Gasteiger partial charge < -0.3 is 10.8 Å². The summed E-state index contributed by atoms with van der Waals surface area (Å²) in [6, 6.07) is 3.51. The Balaban J connectivity index is 3.12. The first kappa shape index (κ1) is 16.9. The summed E-state index contributed by atoms with van der Waals surface area (Å²) in [5, 5.41) is 9.19. The van der Waals surface area contributed by atoms with Crippen molar-refractivity contribution in [2.45, 2.75) is 51.0 Å². The fourth-order valence-electron chi connectivity index (χ4n) is 2.03. The number of benzene rings is 1. The molecule has 0 heterocycles. The van der Waals surface area contributed by atoms with Crippen molar-refractivity contribution >= 4 is 15.7 Å². The van der Waals surface area contributed by atoms with E-state index in [9.17, 15) is 13.5 Å². The number of nitrogen functional groups attached to an aromatic ring is 1. The molecule has 4 N–H and O–H groups in total. The third-order valence-electron chi connectivity index (χ3n) is 3.21. The van der Waals surface area contributed by atoms with Crippen LogP contribution in [0, 0.1) is 0 Å². The molecule has 0 aliphatic carbocycles. The van der Waals surface area contributed by atoms with Gasteiger partial charge in [0, 0.05) is 12.2 Å². The van der Waals surface area contributed by atoms with Gasteiger partial charge in [0.25, 0.3) is 0 Å². The second-order valence-electron chi connectivity index (χ2n) is 4.90. The Kier molecular flexibility index (Phi) is 5.98. The summed E-state index contributed by atoms with van der Waals surface area (Å²) in [6.45, 7) is 5.67. The fourth-order valence-corrected chi connectivity index (χ4v) is 3.46. The Morgan fingerprint density at radius 1 is 1.30 bits per heavy atom. The first-order chi connectivity index (χ1) is 9.31. The minimum Gasteiger partial charge on any atom is -0.398 e. The first-order valence-electron chi connectivity index (χ1n) is 6.90. The number of aliphatic hydroxyl groups is 1. The average Bonchev–Trinajstić information content (AvgIpc) is 2.36. The van der Waals surface area contributed by atoms with Gasteiger partial charge in [0.05, 0.1) is 11.0 Å². The van der Waals surface area contributed by atoms with Crippen LogP contribution in [0.2, 0.25) is 0 Å². The van der Waals surface area contributed by atoms with Crippen LogP contribution in [-0.2, 0) is 22.9 Å². The first-order valence-corrected chi connectivity index (χ1v) is 8.39. The van der Waals surface area contributed by atoms with E-state index in [-0.39, 0.29) is 11.4 Å². The number of nitrogens with one attached hydrogen (secondary N) is 1. The molecule has 1 rings (SSSR count). The van der Waals surface area contributed by atoms with Gasteiger partial charge in [0.1, 0.15) is 0 Å². The quantitative estimate of drug-likeness (QED) is 0.664. The van der Waals surface area contributed by atoms with Crippen LogP contribution >= 0.6 is 0 Å². The molecular weight excluding hydrogens is 276 g/mol. The number of sulfonamides is 1. The number of rotatable bonds is 7. The van der Waals surface area contributed by atoms with Crippen LogP contribution in [0.1, 0.15) is 38.3 Å². The Bertz CT molecular complexity index is 554. The average molecular weight is 300 g/mol. The highest BCUT2D eigenvalue weighted by Gasteiger charge is 2.20. The smallest absolute Gasteiger partial charge is 0.240 e. The van der Waals surface area contributed by atoms with Gasteiger partial charge in [-0.05, 0) is 49.4 Å². The maximum absolute atomic E-state index is 12.4. The molecule has 0 bridgehead atoms. The molecule has 6 heteroatoms. The van der Waals surface area contributed by atoms with Gasteiger partial charge in [-0.15, -0.1) is 0 Å². The molecule has 5 nitrogen and oxygen atoms in total. The summed E-state index contributed by atoms with van der Waals surface area (Å²) >= 11 is 0. The molecule has 114 valence electrons. The summed E-state index contributed by atoms with van der Waals surface area (Å²) in [5.41, 5.74) is 8.01. The van der Waals surface area contributed by atoms with Crippen molar-refractivity contribution in [3.63, 3.8) is 0 Å². The monoisotopic (exact) mass is 300 g/mol. The zero-order chi connectivity index (χ0) is 15.3. The lowest BCUT2D eigenvalue weighted by atomic mass is 10.1. The Hall–Kier alpha value is -1.11. The van der Waals surface area contributed by atoms with Gasteiger partial charge in [0.2, 0.25) is 10.0 Å². The van der Waals surface area contributed by atoms with E-state index in [2.05, 4.69) is 4.72 Å². The maximum atomic E-state index is 12.4. The van der Waals surface area contributed by atoms with Crippen molar-refractivity contribution in [1.82, 2.24) is 4.72 Å². The minimum absolute atomic E-state index is 0.208. The molecule has 0 saturated heterocycles. The van der Waals surface area contributed by atoms with Crippen molar-refractivity contribution in [1.29, 1.82) is 0 Å². The summed E-state index contributed by atoms with van der Waals surface area (Å²) < 4.78 is 27.2. The molecule has 0 spiro atoms. The highest BCUT2D eigenvalue weighted by atomic mass is 32.2. The van der Waals surface area contributed by atoms with Crippen LogP contribution in [0.5, 0.6) is 0 Å². The lowest BCUT2D eigenvalue weighted by Crippen LogP contribution is -2.28. The molecule has 0 amide bonds. The largest absolute Gasteiger partial charge is 0.398 e. The zero-order valence-corrected chi connectivity index (χ0v) is 13.1. The van der Waals surface area contributed by atoms with Crippen LogP contribution in [0.4, 0.5) is 5.69 Å². The molecule has 1 unspecified atom stereocenters. The Morgan fingerprint density at radius 3 is 2.45 bits per heavy atom. The zero-order valence-electron chi connectivity index (χ0n) is 12.3. The van der Waals surface area contributed by atoms with E-state index in [4.69, 9.17) is 5.73 Å². The van der Waals surface area contributed by atoms with Crippen LogP contribution in [0.15, 0.2) is 17.0 Å². The number of aryl methyl sites for hydroxylation is 1. The number of nitrogens with two attached hydrogens (primary N) is 1. The molecule has 1 atom stereocenters. The second kappa shape index (κ2) is 7.06. The third kappa shape index (κ3) is 4.19. The molecule has 0 radical (unpaired) electrons. The molecule has 0 saturated carbocycles. The minimum atomic E-state index is -3.59. The van der Waals surface area contributed by atoms with Gasteiger partial charge in [-0.25, -0.2) is 13.1 Å². The number of hydrogen-bond donors (Lipinski definition) is 3. The molecule has 1 aromatic rings. The lowest BCUT2D eigenvalue weighted by Gasteiger charge is -2.15. The predicted octanol–water partition coefficient (Wildman–Crippen LogP) is 1.44. The van der Waals surface area contributed by atoms with Crippen molar-refractivity contribution in [3.05, 3.63) is 23.3 Å². The Labute approximate surface area is 121 Å². The van der Waals surface area contributed by atoms with Gasteiger partial charge in [-0.3, -0.25) is 0 Å². The molecule has 0 aliphatic heterocycles. The topological polar surface area (TPSA) is 92.4 Å². The molecule has 1 aromatic carbocycles. The summed E-state index contributed by atoms with van der Waals surface area (Å²) in [6.07, 6.45) is 1.13. The molecule has 0 aliphatic rings. The van der Waals surface area contributed by atoms with E-state index < -0.39 is 16.1 Å². The standard InChI is InChI=1S/C14H24N2O3S/c1-4-11-8-13(15)12(5-2)14(9-11)20(18,19)16-7-6-10(3)17/h8-10,16-17H,4-7,15H2,1-3H3. The summed E-state index contributed by atoms with van der Waals surface area (Å²) in [5.74, 6) is 0. The van der Waals surface area contributed by atoms with Gasteiger partial charge >= 0.3 is 0 Å². The van der Waals surface area contributed by atoms with Crippen molar-refractivity contribution in [3.8, 4) is 0 Å². The van der Waals surface area contributed by atoms with E-state index in [1.807, 2.05) is 19.9 Å². The SMILES string of the molecule is CCc1cc(N)c(CC)c(S(=O)(=O)NCCC(C)O)c1. The van der Waals surface area contributed by atoms with E-state index in [0.717, 1.165) is 12.0 Å². The van der Waals surface area contributed by atoms with Crippen molar-refractivity contribution in [2.75, 3.05) is 12.3 Å². The van der Waals surface area contributed by atoms with Crippen LogP contribution in [0.25, 0.3) is 0 Å². The summed E-state index contributed by atoms with van der Waals surface area (Å²) in [4.78, 5) is 0.252. The van der Waals surface area contributed by atoms with Crippen molar-refractivity contribution < 1.29 is 13.5 Å². The van der Waals surface area contributed by atoms with Gasteiger partial charge in [0.15, 0.2) is 0 Å². The fraction of sp³-hybridized carbons (Fsp3) is 0.571. The van der Waals surface area contributed by atoms with Crippen LogP contribution < -0.4 is 10.5 Å². The highest BCUT2D eigenvalue weighted by Crippen LogP contribution is 2.25. The molecule has 0 aromatic heterocycles. The number of hydrogen-bond acceptors (Lipinski definition) is 4. The number of anilines is 1. The van der Waals surface area contributed by atoms with E-state index in [1.54, 1.807) is 13.0 Å². The molecular formula is C14H24N2O3S. The Morgan fingerprint density at radius 2 is 1.95 bits per heavy atom. The molecule has 20 heavy (non-hydrogen) atoms. The predicted molar refractivity (Wildman–Crippen MR) is 81.1 cm³/mol. The normalized spacial score (nSPS) is 13.4. The van der Waals surface area contributed by atoms with Gasteiger partial charge in [-0.1, -0.05) is 13.8 Å². The van der Waals surface area contributed by atoms with Gasteiger partial charge in [-0.2, -0.15) is 0 Å². The molecule has 0 fully saturated rings. The summed E-state index contributed by atoms with van der Waals surface area (Å²) in [7, 11) is -3.59. The highest BCUT2D eigenvalue weighted by molar-refractivity contribution is 7.89. The van der Waals surface area contributed by atoms with Crippen LogP contribution in [-0.4, -0.2) is 26.2 Å². The third-order valence-corrected chi connectivity index (χ3v) is 4.74. The number of aliphatic hydroxyl groups excluding tert-OH is 1. The van der Waals surface area contributed by atoms with E-state index in [0.29, 0.717) is 24.1 Å². The van der Waals surface area contributed by atoms with Crippen molar-refractivity contribution in [2.24, 2.45) is 0 Å². The van der Waals surface area contributed by atoms with E-state index >= 15 is 0 Å². The maximum Gasteiger partial charge on any atom is 0.240 e. The second-order valence-corrected chi connectivity index (χ2v) is 6.64. The van der Waals surface area contributed by atoms with Crippen LogP contribution in [0.3, 0.4) is 0 Å². The lowest BCUT2D eigenvalue weighted by molar-refractivity contribution is 0.186.